The molecule has 0 spiro atoms. The van der Waals surface area contributed by atoms with E-state index >= 15 is 0 Å². The fraction of sp³-hybridized carbons (Fsp3) is 0.385. The highest BCUT2D eigenvalue weighted by atomic mass is 19.1. The minimum absolute atomic E-state index is 0.113. The Morgan fingerprint density at radius 3 is 2.68 bits per heavy atom. The van der Waals surface area contributed by atoms with Crippen LogP contribution in [0.25, 0.3) is 10.9 Å². The summed E-state index contributed by atoms with van der Waals surface area (Å²) >= 11 is 0. The molecule has 5 rings (SSSR count). The number of likely N-dealkylation sites (tertiary alicyclic amines) is 1. The summed E-state index contributed by atoms with van der Waals surface area (Å²) in [7, 11) is 1.51. The molecule has 1 saturated heterocycles. The van der Waals surface area contributed by atoms with Gasteiger partial charge >= 0.3 is 0 Å². The van der Waals surface area contributed by atoms with Gasteiger partial charge in [-0.15, -0.1) is 0 Å². The van der Waals surface area contributed by atoms with Gasteiger partial charge in [-0.05, 0) is 68.2 Å². The first-order chi connectivity index (χ1) is 16.6. The van der Waals surface area contributed by atoms with Crippen molar-refractivity contribution in [2.24, 2.45) is 5.92 Å². The topological polar surface area (TPSA) is 72.9 Å². The van der Waals surface area contributed by atoms with Gasteiger partial charge in [0.05, 0.1) is 7.11 Å². The van der Waals surface area contributed by atoms with E-state index in [2.05, 4.69) is 27.3 Å². The number of aromatic nitrogens is 1. The predicted octanol–water partition coefficient (Wildman–Crippen LogP) is 4.05. The third-order valence-corrected chi connectivity index (χ3v) is 6.52. The van der Waals surface area contributed by atoms with Crippen molar-refractivity contribution in [2.45, 2.75) is 19.3 Å². The molecule has 8 heteroatoms. The van der Waals surface area contributed by atoms with E-state index in [9.17, 15) is 9.18 Å². The number of benzene rings is 2. The number of halogens is 1. The van der Waals surface area contributed by atoms with Crippen LogP contribution in [0.4, 0.5) is 10.1 Å². The lowest BCUT2D eigenvalue weighted by molar-refractivity contribution is -0.121. The molecule has 0 bridgehead atoms. The molecule has 3 heterocycles. The van der Waals surface area contributed by atoms with E-state index in [0.29, 0.717) is 24.6 Å². The molecular weight excluding hydrogens is 437 g/mol. The van der Waals surface area contributed by atoms with Gasteiger partial charge in [0.2, 0.25) is 11.8 Å². The first kappa shape index (κ1) is 22.4. The van der Waals surface area contributed by atoms with E-state index in [4.69, 9.17) is 14.2 Å². The van der Waals surface area contributed by atoms with Crippen LogP contribution in [0.3, 0.4) is 0 Å². The van der Waals surface area contributed by atoms with Gasteiger partial charge in [0, 0.05) is 23.9 Å². The van der Waals surface area contributed by atoms with Gasteiger partial charge in [0.15, 0.2) is 11.5 Å². The molecule has 1 fully saturated rings. The zero-order chi connectivity index (χ0) is 23.5. The van der Waals surface area contributed by atoms with Gasteiger partial charge in [0.1, 0.15) is 30.2 Å². The third-order valence-electron chi connectivity index (χ3n) is 6.52. The van der Waals surface area contributed by atoms with Crippen LogP contribution in [0.1, 0.15) is 18.4 Å². The average Bonchev–Trinajstić information content (AvgIpc) is 2.89. The zero-order valence-corrected chi connectivity index (χ0v) is 19.2. The molecular formula is C26H28FN3O4. The van der Waals surface area contributed by atoms with Gasteiger partial charge in [-0.2, -0.15) is 0 Å². The number of hydrogen-bond donors (Lipinski definition) is 1. The van der Waals surface area contributed by atoms with Gasteiger partial charge in [-0.25, -0.2) is 9.37 Å². The lowest BCUT2D eigenvalue weighted by Gasteiger charge is -2.31. The Hall–Kier alpha value is -3.39. The highest BCUT2D eigenvalue weighted by molar-refractivity contribution is 6.01. The van der Waals surface area contributed by atoms with Crippen LogP contribution in [0.5, 0.6) is 17.4 Å². The summed E-state index contributed by atoms with van der Waals surface area (Å²) in [5, 5.41) is 3.54. The van der Waals surface area contributed by atoms with Gasteiger partial charge < -0.3 is 24.4 Å². The number of pyridine rings is 1. The van der Waals surface area contributed by atoms with E-state index < -0.39 is 5.82 Å². The molecule has 0 unspecified atom stereocenters. The van der Waals surface area contributed by atoms with Crippen molar-refractivity contribution in [1.29, 1.82) is 0 Å². The smallest absolute Gasteiger partial charge is 0.227 e. The van der Waals surface area contributed by atoms with Crippen molar-refractivity contribution >= 4 is 22.5 Å². The first-order valence-corrected chi connectivity index (χ1v) is 11.7. The molecule has 0 saturated carbocycles. The maximum Gasteiger partial charge on any atom is 0.227 e. The maximum atomic E-state index is 14.6. The molecule has 7 nitrogen and oxygen atoms in total. The van der Waals surface area contributed by atoms with E-state index in [0.717, 1.165) is 55.8 Å². The molecule has 34 heavy (non-hydrogen) atoms. The van der Waals surface area contributed by atoms with Crippen molar-refractivity contribution in [2.75, 3.05) is 45.3 Å². The molecule has 3 aromatic rings. The molecule has 0 aliphatic carbocycles. The van der Waals surface area contributed by atoms with Crippen molar-refractivity contribution < 1.29 is 23.4 Å². The van der Waals surface area contributed by atoms with Crippen molar-refractivity contribution in [3.63, 3.8) is 0 Å². The van der Waals surface area contributed by atoms with Crippen LogP contribution in [-0.4, -0.2) is 55.7 Å². The molecule has 0 radical (unpaired) electrons. The monoisotopic (exact) mass is 465 g/mol. The molecule has 2 aliphatic rings. The lowest BCUT2D eigenvalue weighted by Crippen LogP contribution is -2.39. The summed E-state index contributed by atoms with van der Waals surface area (Å²) < 4.78 is 31.0. The quantitative estimate of drug-likeness (QED) is 0.592. The fourth-order valence-electron chi connectivity index (χ4n) is 4.55. The lowest BCUT2D eigenvalue weighted by atomic mass is 9.95. The minimum Gasteiger partial charge on any atom is -0.486 e. The standard InChI is InChI=1S/C26H28FN3O4/c1-32-23-7-4-18-3-5-20(27)25(24(18)28-23)29-26(31)19-9-12-30(13-10-19)11-8-17-2-6-21-22(16-17)34-15-14-33-21/h2-7,16,19H,8-15H2,1H3,(H,29,31). The van der Waals surface area contributed by atoms with Crippen molar-refractivity contribution in [3.05, 3.63) is 53.8 Å². The van der Waals surface area contributed by atoms with Crippen LogP contribution in [0, 0.1) is 11.7 Å². The largest absolute Gasteiger partial charge is 0.486 e. The molecule has 2 aromatic carbocycles. The Balaban J connectivity index is 1.17. The van der Waals surface area contributed by atoms with Crippen molar-refractivity contribution in [3.8, 4) is 17.4 Å². The number of amides is 1. The number of fused-ring (bicyclic) bond motifs is 2. The van der Waals surface area contributed by atoms with Crippen LogP contribution in [-0.2, 0) is 11.2 Å². The van der Waals surface area contributed by atoms with E-state index in [1.807, 2.05) is 6.07 Å². The predicted molar refractivity (Wildman–Crippen MR) is 127 cm³/mol. The summed E-state index contributed by atoms with van der Waals surface area (Å²) in [5.41, 5.74) is 1.71. The van der Waals surface area contributed by atoms with Crippen LogP contribution in [0.2, 0.25) is 0 Å². The van der Waals surface area contributed by atoms with Gasteiger partial charge in [-0.3, -0.25) is 4.79 Å². The molecule has 1 aromatic heterocycles. The van der Waals surface area contributed by atoms with Crippen LogP contribution in [0.15, 0.2) is 42.5 Å². The Bertz CT molecular complexity index is 1190. The number of ether oxygens (including phenoxy) is 3. The maximum absolute atomic E-state index is 14.6. The van der Waals surface area contributed by atoms with E-state index in [1.165, 1.54) is 18.7 Å². The number of methoxy groups -OCH3 is 1. The number of carbonyl (C=O) groups excluding carboxylic acids is 1. The van der Waals surface area contributed by atoms with Gasteiger partial charge in [0.25, 0.3) is 0 Å². The van der Waals surface area contributed by atoms with Crippen molar-refractivity contribution in [1.82, 2.24) is 9.88 Å². The number of piperidine rings is 1. The molecule has 1 N–H and O–H groups in total. The Kier molecular flexibility index (Phi) is 6.49. The second kappa shape index (κ2) is 9.85. The number of hydrogen-bond acceptors (Lipinski definition) is 6. The number of nitrogens with zero attached hydrogens (tertiary/aromatic N) is 2. The highest BCUT2D eigenvalue weighted by Gasteiger charge is 2.26. The fourth-order valence-corrected chi connectivity index (χ4v) is 4.55. The Morgan fingerprint density at radius 1 is 1.12 bits per heavy atom. The second-order valence-corrected chi connectivity index (χ2v) is 8.68. The van der Waals surface area contributed by atoms with Crippen LogP contribution < -0.4 is 19.5 Å². The number of carbonyl (C=O) groups is 1. The van der Waals surface area contributed by atoms with Crippen LogP contribution >= 0.6 is 0 Å². The molecule has 2 aliphatic heterocycles. The SMILES string of the molecule is COc1ccc2ccc(F)c(NC(=O)C3CCN(CCc4ccc5c(c4)OCCO5)CC3)c2n1. The molecule has 1 amide bonds. The normalized spacial score (nSPS) is 16.4. The Morgan fingerprint density at radius 2 is 1.88 bits per heavy atom. The summed E-state index contributed by atoms with van der Waals surface area (Å²) in [6.07, 6.45) is 2.37. The Labute approximate surface area is 197 Å². The summed E-state index contributed by atoms with van der Waals surface area (Å²) in [4.78, 5) is 19.7. The number of rotatable bonds is 6. The van der Waals surface area contributed by atoms with E-state index in [1.54, 1.807) is 18.2 Å². The minimum atomic E-state index is -0.501. The van der Waals surface area contributed by atoms with Gasteiger partial charge in [-0.1, -0.05) is 6.07 Å². The summed E-state index contributed by atoms with van der Waals surface area (Å²) in [5.74, 6) is 1.16. The third kappa shape index (κ3) is 4.77. The average molecular weight is 466 g/mol. The first-order valence-electron chi connectivity index (χ1n) is 11.7. The summed E-state index contributed by atoms with van der Waals surface area (Å²) in [6, 6.07) is 12.6. The number of nitrogens with one attached hydrogen (secondary N) is 1. The second-order valence-electron chi connectivity index (χ2n) is 8.68. The van der Waals surface area contributed by atoms with E-state index in [-0.39, 0.29) is 17.5 Å². The highest BCUT2D eigenvalue weighted by Crippen LogP contribution is 2.31. The number of anilines is 1. The summed E-state index contributed by atoms with van der Waals surface area (Å²) in [6.45, 7) is 3.74. The zero-order valence-electron chi connectivity index (χ0n) is 19.2. The molecule has 178 valence electrons. The molecule has 0 atom stereocenters.